The van der Waals surface area contributed by atoms with E-state index < -0.39 is 11.9 Å². The number of hydrogen-bond acceptors (Lipinski definition) is 6. The second-order valence-electron chi connectivity index (χ2n) is 6.19. The predicted octanol–water partition coefficient (Wildman–Crippen LogP) is 2.96. The van der Waals surface area contributed by atoms with Gasteiger partial charge in [0.25, 0.3) is 0 Å². The van der Waals surface area contributed by atoms with Crippen LogP contribution < -0.4 is 10.6 Å². The first-order chi connectivity index (χ1) is 12.7. The lowest BCUT2D eigenvalue weighted by atomic mass is 9.99. The van der Waals surface area contributed by atoms with Gasteiger partial charge in [-0.3, -0.25) is 10.1 Å². The van der Waals surface area contributed by atoms with Gasteiger partial charge in [0, 0.05) is 12.5 Å². The molecule has 2 amide bonds. The Bertz CT molecular complexity index is 746. The molecule has 3 rings (SSSR count). The van der Waals surface area contributed by atoms with Crippen LogP contribution >= 0.6 is 11.3 Å². The van der Waals surface area contributed by atoms with E-state index in [2.05, 4.69) is 20.8 Å². The number of ether oxygens (including phenoxy) is 1. The topological polar surface area (TPSA) is 93.2 Å². The number of carbonyl (C=O) groups excluding carboxylic acids is 2. The molecule has 1 aromatic heterocycles. The molecular formula is C18H22N4O3S. The van der Waals surface area contributed by atoms with Gasteiger partial charge < -0.3 is 10.1 Å². The fourth-order valence-corrected chi connectivity index (χ4v) is 3.44. The molecular weight excluding hydrogens is 352 g/mol. The summed E-state index contributed by atoms with van der Waals surface area (Å²) in [5.74, 6) is -0.256. The summed E-state index contributed by atoms with van der Waals surface area (Å²) in [6, 6.07) is 9.27. The molecule has 1 aliphatic rings. The smallest absolute Gasteiger partial charge is 0.321 e. The van der Waals surface area contributed by atoms with Gasteiger partial charge in [-0.1, -0.05) is 41.7 Å². The number of aromatic nitrogens is 2. The van der Waals surface area contributed by atoms with Crippen LogP contribution in [0.2, 0.25) is 0 Å². The van der Waals surface area contributed by atoms with Gasteiger partial charge >= 0.3 is 12.0 Å². The molecule has 2 N–H and O–H groups in total. The maximum absolute atomic E-state index is 12.2. The first kappa shape index (κ1) is 18.3. The van der Waals surface area contributed by atoms with Crippen molar-refractivity contribution in [1.82, 2.24) is 15.5 Å². The number of anilines is 1. The van der Waals surface area contributed by atoms with Gasteiger partial charge in [-0.05, 0) is 31.7 Å². The normalized spacial score (nSPS) is 14.5. The first-order valence-corrected chi connectivity index (χ1v) is 9.56. The van der Waals surface area contributed by atoms with Crippen molar-refractivity contribution in [2.45, 2.75) is 32.1 Å². The van der Waals surface area contributed by atoms with E-state index in [-0.39, 0.29) is 12.5 Å². The maximum Gasteiger partial charge on any atom is 0.321 e. The molecule has 1 aromatic carbocycles. The summed E-state index contributed by atoms with van der Waals surface area (Å²) in [7, 11) is 0. The third kappa shape index (κ3) is 5.26. The zero-order chi connectivity index (χ0) is 18.4. The number of nitrogens with one attached hydrogen (secondary N) is 2. The van der Waals surface area contributed by atoms with Gasteiger partial charge in [-0.25, -0.2) is 4.79 Å². The van der Waals surface area contributed by atoms with Crippen molar-refractivity contribution >= 4 is 28.5 Å². The lowest BCUT2D eigenvalue weighted by Crippen LogP contribution is -2.37. The zero-order valence-electron chi connectivity index (χ0n) is 14.6. The maximum atomic E-state index is 12.2. The minimum Gasteiger partial charge on any atom is -0.466 e. The van der Waals surface area contributed by atoms with Crippen molar-refractivity contribution in [1.29, 1.82) is 0 Å². The molecule has 2 aromatic rings. The molecule has 1 saturated carbocycles. The molecule has 0 spiro atoms. The Kier molecular flexibility index (Phi) is 6.17. The van der Waals surface area contributed by atoms with Crippen LogP contribution in [0, 0.1) is 5.92 Å². The van der Waals surface area contributed by atoms with E-state index in [4.69, 9.17) is 4.74 Å². The molecule has 7 nitrogen and oxygen atoms in total. The number of benzene rings is 1. The molecule has 0 unspecified atom stereocenters. The summed E-state index contributed by atoms with van der Waals surface area (Å²) < 4.78 is 5.13. The highest BCUT2D eigenvalue weighted by Crippen LogP contribution is 2.41. The van der Waals surface area contributed by atoms with Crippen LogP contribution in [0.4, 0.5) is 9.93 Å². The third-order valence-electron chi connectivity index (χ3n) is 4.04. The van der Waals surface area contributed by atoms with E-state index in [0.717, 1.165) is 23.4 Å². The van der Waals surface area contributed by atoms with E-state index in [1.165, 1.54) is 11.3 Å². The highest BCUT2D eigenvalue weighted by atomic mass is 32.1. The number of carbonyl (C=O) groups is 2. The highest BCUT2D eigenvalue weighted by Gasteiger charge is 2.28. The van der Waals surface area contributed by atoms with E-state index in [9.17, 15) is 9.59 Å². The zero-order valence-corrected chi connectivity index (χ0v) is 15.4. The Morgan fingerprint density at radius 2 is 2.04 bits per heavy atom. The lowest BCUT2D eigenvalue weighted by Gasteiger charge is -2.16. The number of rotatable bonds is 8. The number of nitrogens with zero attached hydrogens (tertiary/aromatic N) is 2. The van der Waals surface area contributed by atoms with Gasteiger partial charge in [0.05, 0.1) is 12.5 Å². The van der Waals surface area contributed by atoms with Crippen LogP contribution in [-0.4, -0.2) is 35.3 Å². The van der Waals surface area contributed by atoms with Crippen LogP contribution in [-0.2, 0) is 16.0 Å². The standard InChI is InChI=1S/C18H22N4O3S/c1-2-25-16(23)14(10-12-6-4-3-5-7-12)11-19-17(24)20-18-22-21-15(26-18)13-8-9-13/h3-7,13-14H,2,8-11H2,1H3,(H2,19,20,22,24)/t14-/m0/s1. The fraction of sp³-hybridized carbons (Fsp3) is 0.444. The van der Waals surface area contributed by atoms with Gasteiger partial charge in [-0.2, -0.15) is 0 Å². The number of amides is 2. The average molecular weight is 374 g/mol. The molecule has 26 heavy (non-hydrogen) atoms. The van der Waals surface area contributed by atoms with Gasteiger partial charge in [0.2, 0.25) is 5.13 Å². The van der Waals surface area contributed by atoms with Crippen molar-refractivity contribution in [2.75, 3.05) is 18.5 Å². The van der Waals surface area contributed by atoms with Gasteiger partial charge in [-0.15, -0.1) is 10.2 Å². The molecule has 1 heterocycles. The van der Waals surface area contributed by atoms with Crippen molar-refractivity contribution in [2.24, 2.45) is 5.92 Å². The summed E-state index contributed by atoms with van der Waals surface area (Å²) >= 11 is 1.40. The second-order valence-corrected chi connectivity index (χ2v) is 7.20. The second kappa shape index (κ2) is 8.75. The molecule has 1 aliphatic carbocycles. The third-order valence-corrected chi connectivity index (χ3v) is 5.04. The molecule has 138 valence electrons. The van der Waals surface area contributed by atoms with Crippen molar-refractivity contribution in [3.8, 4) is 0 Å². The molecule has 0 aliphatic heterocycles. The lowest BCUT2D eigenvalue weighted by molar-refractivity contribution is -0.147. The largest absolute Gasteiger partial charge is 0.466 e. The molecule has 1 atom stereocenters. The first-order valence-electron chi connectivity index (χ1n) is 8.74. The van der Waals surface area contributed by atoms with Crippen LogP contribution in [0.25, 0.3) is 0 Å². The van der Waals surface area contributed by atoms with Crippen molar-refractivity contribution in [3.05, 3.63) is 40.9 Å². The average Bonchev–Trinajstić information content (AvgIpc) is 3.39. The summed E-state index contributed by atoms with van der Waals surface area (Å²) in [5.41, 5.74) is 1.02. The predicted molar refractivity (Wildman–Crippen MR) is 99.2 cm³/mol. The van der Waals surface area contributed by atoms with Crippen LogP contribution in [0.15, 0.2) is 30.3 Å². The number of esters is 1. The quantitative estimate of drug-likeness (QED) is 0.693. The molecule has 1 fully saturated rings. The Morgan fingerprint density at radius 3 is 2.73 bits per heavy atom. The van der Waals surface area contributed by atoms with E-state index in [0.29, 0.717) is 24.1 Å². The molecule has 0 radical (unpaired) electrons. The van der Waals surface area contributed by atoms with E-state index in [1.54, 1.807) is 6.92 Å². The minimum absolute atomic E-state index is 0.188. The number of urea groups is 1. The summed E-state index contributed by atoms with van der Waals surface area (Å²) in [6.45, 7) is 2.27. The fourth-order valence-electron chi connectivity index (χ4n) is 2.54. The molecule has 8 heteroatoms. The minimum atomic E-state index is -0.445. The van der Waals surface area contributed by atoms with E-state index >= 15 is 0 Å². The number of hydrogen-bond donors (Lipinski definition) is 2. The van der Waals surface area contributed by atoms with Gasteiger partial charge in [0.1, 0.15) is 5.01 Å². The highest BCUT2D eigenvalue weighted by molar-refractivity contribution is 7.15. The Morgan fingerprint density at radius 1 is 1.27 bits per heavy atom. The van der Waals surface area contributed by atoms with Crippen molar-refractivity contribution < 1.29 is 14.3 Å². The van der Waals surface area contributed by atoms with Crippen LogP contribution in [0.1, 0.15) is 36.3 Å². The van der Waals surface area contributed by atoms with Crippen molar-refractivity contribution in [3.63, 3.8) is 0 Å². The van der Waals surface area contributed by atoms with Crippen LogP contribution in [0.3, 0.4) is 0 Å². The molecule has 0 bridgehead atoms. The SMILES string of the molecule is CCOC(=O)[C@H](CNC(=O)Nc1nnc(C2CC2)s1)Cc1ccccc1. The Balaban J connectivity index is 1.53. The van der Waals surface area contributed by atoms with Gasteiger partial charge in [0.15, 0.2) is 0 Å². The Labute approximate surface area is 156 Å². The Hall–Kier alpha value is -2.48. The monoisotopic (exact) mass is 374 g/mol. The summed E-state index contributed by atoms with van der Waals surface area (Å²) in [5, 5.41) is 14.9. The molecule has 0 saturated heterocycles. The van der Waals surface area contributed by atoms with E-state index in [1.807, 2.05) is 30.3 Å². The summed E-state index contributed by atoms with van der Waals surface area (Å²) in [6.07, 6.45) is 2.79. The summed E-state index contributed by atoms with van der Waals surface area (Å²) in [4.78, 5) is 24.3. The van der Waals surface area contributed by atoms with Crippen LogP contribution in [0.5, 0.6) is 0 Å².